The zero-order valence-electron chi connectivity index (χ0n) is 11.1. The van der Waals surface area contributed by atoms with E-state index in [-0.39, 0.29) is 36.2 Å². The van der Waals surface area contributed by atoms with Gasteiger partial charge >= 0.3 is 0 Å². The Kier molecular flexibility index (Phi) is 3.44. The van der Waals surface area contributed by atoms with E-state index >= 15 is 0 Å². The van der Waals surface area contributed by atoms with Gasteiger partial charge in [-0.3, -0.25) is 9.59 Å². The van der Waals surface area contributed by atoms with Gasteiger partial charge in [0, 0.05) is 13.0 Å². The van der Waals surface area contributed by atoms with Gasteiger partial charge in [0.2, 0.25) is 5.91 Å². The van der Waals surface area contributed by atoms with Crippen LogP contribution in [0, 0.1) is 0 Å². The number of hydrogen-bond donors (Lipinski definition) is 1. The first-order valence-corrected chi connectivity index (χ1v) is 6.87. The quantitative estimate of drug-likeness (QED) is 0.889. The number of rotatable bonds is 3. The molecule has 0 saturated carbocycles. The van der Waals surface area contributed by atoms with Crippen LogP contribution in [0.15, 0.2) is 24.3 Å². The third-order valence-electron chi connectivity index (χ3n) is 3.97. The Bertz CT molecular complexity index is 542. The van der Waals surface area contributed by atoms with Gasteiger partial charge < -0.3 is 14.7 Å². The molecule has 0 aliphatic carbocycles. The van der Waals surface area contributed by atoms with Gasteiger partial charge in [0.15, 0.2) is 5.78 Å². The van der Waals surface area contributed by atoms with E-state index in [1.54, 1.807) is 23.1 Å². The lowest BCUT2D eigenvalue weighted by atomic mass is 10.1. The number of fused-ring (bicyclic) bond motifs is 1. The highest BCUT2D eigenvalue weighted by Gasteiger charge is 2.46. The molecular formula is C15H17NO4. The number of Topliss-reactive ketones (excluding diaryl/α,β-unsaturated/α-hetero) is 1. The molecular weight excluding hydrogens is 258 g/mol. The maximum absolute atomic E-state index is 12.2. The molecule has 0 aromatic heterocycles. The second kappa shape index (κ2) is 5.25. The summed E-state index contributed by atoms with van der Waals surface area (Å²) in [6, 6.07) is 6.53. The monoisotopic (exact) mass is 275 g/mol. The number of phenolic OH excluding ortho intramolecular Hbond substituents is 1. The number of ether oxygens (including phenoxy) is 1. The van der Waals surface area contributed by atoms with E-state index in [1.807, 2.05) is 6.07 Å². The summed E-state index contributed by atoms with van der Waals surface area (Å²) in [5, 5.41) is 9.39. The van der Waals surface area contributed by atoms with E-state index in [2.05, 4.69) is 0 Å². The molecule has 0 bridgehead atoms. The fourth-order valence-corrected chi connectivity index (χ4v) is 2.98. The average molecular weight is 275 g/mol. The molecule has 2 atom stereocenters. The third-order valence-corrected chi connectivity index (χ3v) is 3.97. The predicted molar refractivity (Wildman–Crippen MR) is 71.3 cm³/mol. The number of hydrogen-bond acceptors (Lipinski definition) is 4. The first-order chi connectivity index (χ1) is 9.65. The van der Waals surface area contributed by atoms with Crippen molar-refractivity contribution in [1.82, 2.24) is 4.90 Å². The van der Waals surface area contributed by atoms with E-state index in [0.717, 1.165) is 12.0 Å². The van der Waals surface area contributed by atoms with Crippen molar-refractivity contribution in [3.05, 3.63) is 29.8 Å². The van der Waals surface area contributed by atoms with Crippen LogP contribution in [0.25, 0.3) is 0 Å². The zero-order valence-corrected chi connectivity index (χ0v) is 11.1. The van der Waals surface area contributed by atoms with Crippen molar-refractivity contribution in [3.63, 3.8) is 0 Å². The standard InChI is InChI=1S/C15H17NO4/c17-11-3-1-2-10(8-11)4-5-14(19)16-7-6-13-15(16)12(18)9-20-13/h1-3,8,13,15,17H,4-7,9H2. The van der Waals surface area contributed by atoms with Crippen molar-refractivity contribution >= 4 is 11.7 Å². The van der Waals surface area contributed by atoms with Gasteiger partial charge in [-0.1, -0.05) is 12.1 Å². The number of carbonyl (C=O) groups excluding carboxylic acids is 2. The van der Waals surface area contributed by atoms with Crippen molar-refractivity contribution in [1.29, 1.82) is 0 Å². The largest absolute Gasteiger partial charge is 0.508 e. The summed E-state index contributed by atoms with van der Waals surface area (Å²) < 4.78 is 5.37. The van der Waals surface area contributed by atoms with Gasteiger partial charge in [-0.05, 0) is 30.5 Å². The Labute approximate surface area is 117 Å². The number of ketones is 1. The number of phenols is 1. The molecule has 20 heavy (non-hydrogen) atoms. The van der Waals surface area contributed by atoms with Gasteiger partial charge in [-0.2, -0.15) is 0 Å². The van der Waals surface area contributed by atoms with Crippen molar-refractivity contribution in [2.75, 3.05) is 13.2 Å². The molecule has 2 unspecified atom stereocenters. The Morgan fingerprint density at radius 2 is 2.30 bits per heavy atom. The van der Waals surface area contributed by atoms with Crippen molar-refractivity contribution in [2.24, 2.45) is 0 Å². The predicted octanol–water partition coefficient (Wildman–Crippen LogP) is 0.894. The van der Waals surface area contributed by atoms with Crippen molar-refractivity contribution < 1.29 is 19.4 Å². The smallest absolute Gasteiger partial charge is 0.223 e. The second-order valence-corrected chi connectivity index (χ2v) is 5.31. The molecule has 0 radical (unpaired) electrons. The van der Waals surface area contributed by atoms with E-state index in [9.17, 15) is 14.7 Å². The van der Waals surface area contributed by atoms with Gasteiger partial charge in [0.1, 0.15) is 18.4 Å². The number of aryl methyl sites for hydroxylation is 1. The molecule has 1 aromatic carbocycles. The molecule has 1 N–H and O–H groups in total. The van der Waals surface area contributed by atoms with Crippen LogP contribution < -0.4 is 0 Å². The number of aromatic hydroxyl groups is 1. The molecule has 2 saturated heterocycles. The maximum atomic E-state index is 12.2. The Balaban J connectivity index is 1.61. The van der Waals surface area contributed by atoms with E-state index in [4.69, 9.17) is 4.74 Å². The van der Waals surface area contributed by atoms with Crippen LogP contribution in [0.3, 0.4) is 0 Å². The van der Waals surface area contributed by atoms with Crippen molar-refractivity contribution in [2.45, 2.75) is 31.4 Å². The maximum Gasteiger partial charge on any atom is 0.223 e. The Morgan fingerprint density at radius 1 is 1.45 bits per heavy atom. The van der Waals surface area contributed by atoms with E-state index in [0.29, 0.717) is 19.4 Å². The number of benzene rings is 1. The summed E-state index contributed by atoms with van der Waals surface area (Å²) in [7, 11) is 0. The minimum Gasteiger partial charge on any atom is -0.508 e. The molecule has 5 nitrogen and oxygen atoms in total. The van der Waals surface area contributed by atoms with Gasteiger partial charge in [0.25, 0.3) is 0 Å². The summed E-state index contributed by atoms with van der Waals surface area (Å²) in [5.74, 6) is 0.202. The van der Waals surface area contributed by atoms with Gasteiger partial charge in [0.05, 0.1) is 6.10 Å². The molecule has 2 aliphatic heterocycles. The molecule has 1 amide bonds. The van der Waals surface area contributed by atoms with Gasteiger partial charge in [-0.15, -0.1) is 0 Å². The van der Waals surface area contributed by atoms with Crippen LogP contribution >= 0.6 is 0 Å². The minimum absolute atomic E-state index is 0.0122. The number of amides is 1. The molecule has 106 valence electrons. The van der Waals surface area contributed by atoms with E-state index < -0.39 is 0 Å². The van der Waals surface area contributed by atoms with Crippen LogP contribution in [0.4, 0.5) is 0 Å². The highest BCUT2D eigenvalue weighted by molar-refractivity contribution is 5.92. The summed E-state index contributed by atoms with van der Waals surface area (Å²) >= 11 is 0. The fraction of sp³-hybridized carbons (Fsp3) is 0.467. The first kappa shape index (κ1) is 13.1. The van der Waals surface area contributed by atoms with Gasteiger partial charge in [-0.25, -0.2) is 0 Å². The van der Waals surface area contributed by atoms with Crippen LogP contribution in [0.2, 0.25) is 0 Å². The Morgan fingerprint density at radius 3 is 3.10 bits per heavy atom. The molecule has 3 rings (SSSR count). The van der Waals surface area contributed by atoms with E-state index in [1.165, 1.54) is 0 Å². The first-order valence-electron chi connectivity index (χ1n) is 6.87. The molecule has 0 spiro atoms. The zero-order chi connectivity index (χ0) is 14.1. The number of carbonyl (C=O) groups is 2. The summed E-state index contributed by atoms with van der Waals surface area (Å²) in [6.07, 6.45) is 1.55. The van der Waals surface area contributed by atoms with Crippen LogP contribution in [0.1, 0.15) is 18.4 Å². The molecule has 5 heteroatoms. The molecule has 1 aromatic rings. The summed E-state index contributed by atoms with van der Waals surface area (Å²) in [4.78, 5) is 25.6. The molecule has 2 heterocycles. The SMILES string of the molecule is O=C1COC2CCN(C(=O)CCc3cccc(O)c3)C12. The summed E-state index contributed by atoms with van der Waals surface area (Å²) in [5.41, 5.74) is 0.920. The molecule has 2 fully saturated rings. The topological polar surface area (TPSA) is 66.8 Å². The molecule has 2 aliphatic rings. The van der Waals surface area contributed by atoms with Crippen LogP contribution in [0.5, 0.6) is 5.75 Å². The third kappa shape index (κ3) is 2.41. The Hall–Kier alpha value is -1.88. The lowest BCUT2D eigenvalue weighted by Crippen LogP contribution is -2.42. The lowest BCUT2D eigenvalue weighted by molar-refractivity contribution is -0.136. The number of nitrogens with zero attached hydrogens (tertiary/aromatic N) is 1. The normalized spacial score (nSPS) is 25.0. The second-order valence-electron chi connectivity index (χ2n) is 5.31. The van der Waals surface area contributed by atoms with Crippen molar-refractivity contribution in [3.8, 4) is 5.75 Å². The highest BCUT2D eigenvalue weighted by Crippen LogP contribution is 2.27. The fourth-order valence-electron chi connectivity index (χ4n) is 2.98. The van der Waals surface area contributed by atoms with Crippen LogP contribution in [-0.4, -0.2) is 47.0 Å². The lowest BCUT2D eigenvalue weighted by Gasteiger charge is -2.21. The number of likely N-dealkylation sites (tertiary alicyclic amines) is 1. The average Bonchev–Trinajstić information content (AvgIpc) is 3.00. The van der Waals surface area contributed by atoms with Crippen LogP contribution in [-0.2, 0) is 20.7 Å². The minimum atomic E-state index is -0.369. The summed E-state index contributed by atoms with van der Waals surface area (Å²) in [6.45, 7) is 0.728. The highest BCUT2D eigenvalue weighted by atomic mass is 16.5.